The second-order valence-electron chi connectivity index (χ2n) is 6.15. The number of hydrogen-bond acceptors (Lipinski definition) is 2. The summed E-state index contributed by atoms with van der Waals surface area (Å²) < 4.78 is 0. The Bertz CT molecular complexity index is 610. The normalized spacial score (nSPS) is 13.1. The van der Waals surface area contributed by atoms with Gasteiger partial charge >= 0.3 is 0 Å². The maximum Gasteiger partial charge on any atom is 0.0432 e. The predicted octanol–water partition coefficient (Wildman–Crippen LogP) is 3.97. The average Bonchev–Trinajstić information content (AvgIpc) is 2.63. The molecule has 2 nitrogen and oxygen atoms in total. The van der Waals surface area contributed by atoms with Crippen LogP contribution in [0.5, 0.6) is 0 Å². The number of rotatable bonds is 4. The molecule has 2 aromatic carbocycles. The lowest BCUT2D eigenvalue weighted by atomic mass is 10.0. The molecule has 0 saturated heterocycles. The van der Waals surface area contributed by atoms with Crippen molar-refractivity contribution in [2.75, 3.05) is 32.1 Å². The molecule has 0 bridgehead atoms. The van der Waals surface area contributed by atoms with E-state index in [1.54, 1.807) is 0 Å². The van der Waals surface area contributed by atoms with E-state index in [0.29, 0.717) is 0 Å². The SMILES string of the molecule is CN(C)CCCN1Cc2ccccc2Cc2ccccc21.Cl. The zero-order valence-electron chi connectivity index (χ0n) is 13.5. The fraction of sp³-hybridized carbons (Fsp3) is 0.368. The minimum absolute atomic E-state index is 0. The molecule has 0 atom stereocenters. The fourth-order valence-electron chi connectivity index (χ4n) is 3.13. The van der Waals surface area contributed by atoms with E-state index in [-0.39, 0.29) is 12.4 Å². The molecule has 3 heteroatoms. The second kappa shape index (κ2) is 7.66. The number of fused-ring (bicyclic) bond motifs is 2. The lowest BCUT2D eigenvalue weighted by Gasteiger charge is -2.26. The fourth-order valence-corrected chi connectivity index (χ4v) is 3.13. The van der Waals surface area contributed by atoms with E-state index in [9.17, 15) is 0 Å². The third-order valence-corrected chi connectivity index (χ3v) is 4.23. The highest BCUT2D eigenvalue weighted by atomic mass is 35.5. The summed E-state index contributed by atoms with van der Waals surface area (Å²) in [4.78, 5) is 4.81. The Labute approximate surface area is 140 Å². The monoisotopic (exact) mass is 316 g/mol. The van der Waals surface area contributed by atoms with Gasteiger partial charge in [0.05, 0.1) is 0 Å². The van der Waals surface area contributed by atoms with Gasteiger partial charge in [0.15, 0.2) is 0 Å². The molecule has 0 unspecified atom stereocenters. The van der Waals surface area contributed by atoms with Gasteiger partial charge in [0.25, 0.3) is 0 Å². The molecule has 1 aliphatic rings. The van der Waals surface area contributed by atoms with Gasteiger partial charge < -0.3 is 9.80 Å². The maximum absolute atomic E-state index is 2.55. The number of benzene rings is 2. The van der Waals surface area contributed by atoms with Gasteiger partial charge in [-0.2, -0.15) is 0 Å². The Morgan fingerprint density at radius 3 is 2.27 bits per heavy atom. The largest absolute Gasteiger partial charge is 0.367 e. The van der Waals surface area contributed by atoms with Crippen molar-refractivity contribution in [3.8, 4) is 0 Å². The Kier molecular flexibility index (Phi) is 5.87. The van der Waals surface area contributed by atoms with Gasteiger partial charge in [0, 0.05) is 18.8 Å². The Balaban J connectivity index is 0.00000176. The minimum atomic E-state index is 0. The number of hydrogen-bond donors (Lipinski definition) is 0. The molecular weight excluding hydrogens is 292 g/mol. The Morgan fingerprint density at radius 1 is 0.909 bits per heavy atom. The van der Waals surface area contributed by atoms with Gasteiger partial charge in [-0.15, -0.1) is 12.4 Å². The van der Waals surface area contributed by atoms with Gasteiger partial charge in [-0.3, -0.25) is 0 Å². The van der Waals surface area contributed by atoms with E-state index >= 15 is 0 Å². The second-order valence-corrected chi connectivity index (χ2v) is 6.15. The standard InChI is InChI=1S/C19H24N2.ClH/c1-20(2)12-7-13-21-15-18-10-4-3-8-16(18)14-17-9-5-6-11-19(17)21;/h3-6,8-11H,7,12-15H2,1-2H3;1H. The highest BCUT2D eigenvalue weighted by Crippen LogP contribution is 2.30. The Hall–Kier alpha value is -1.51. The third-order valence-electron chi connectivity index (χ3n) is 4.23. The smallest absolute Gasteiger partial charge is 0.0432 e. The van der Waals surface area contributed by atoms with Crippen molar-refractivity contribution in [3.63, 3.8) is 0 Å². The van der Waals surface area contributed by atoms with E-state index in [1.165, 1.54) is 28.8 Å². The highest BCUT2D eigenvalue weighted by molar-refractivity contribution is 5.85. The van der Waals surface area contributed by atoms with Crippen LogP contribution in [0, 0.1) is 0 Å². The first-order valence-corrected chi connectivity index (χ1v) is 7.78. The molecule has 2 aromatic rings. The maximum atomic E-state index is 2.55. The van der Waals surface area contributed by atoms with Crippen molar-refractivity contribution in [1.82, 2.24) is 4.90 Å². The average molecular weight is 317 g/mol. The molecule has 1 heterocycles. The molecule has 0 radical (unpaired) electrons. The van der Waals surface area contributed by atoms with Crippen molar-refractivity contribution in [1.29, 1.82) is 0 Å². The first-order valence-electron chi connectivity index (χ1n) is 7.78. The summed E-state index contributed by atoms with van der Waals surface area (Å²) in [7, 11) is 4.29. The molecular formula is C19H25ClN2. The summed E-state index contributed by atoms with van der Waals surface area (Å²) >= 11 is 0. The third kappa shape index (κ3) is 3.82. The van der Waals surface area contributed by atoms with Crippen LogP contribution in [0.3, 0.4) is 0 Å². The number of anilines is 1. The molecule has 0 spiro atoms. The summed E-state index contributed by atoms with van der Waals surface area (Å²) in [5.41, 5.74) is 5.80. The van der Waals surface area contributed by atoms with Crippen LogP contribution in [0.1, 0.15) is 23.1 Å². The van der Waals surface area contributed by atoms with Crippen LogP contribution in [0.4, 0.5) is 5.69 Å². The highest BCUT2D eigenvalue weighted by Gasteiger charge is 2.18. The van der Waals surface area contributed by atoms with Crippen LogP contribution in [0.25, 0.3) is 0 Å². The van der Waals surface area contributed by atoms with Gasteiger partial charge in [0.2, 0.25) is 0 Å². The molecule has 0 N–H and O–H groups in total. The van der Waals surface area contributed by atoms with E-state index in [0.717, 1.165) is 26.1 Å². The molecule has 3 rings (SSSR count). The van der Waals surface area contributed by atoms with Crippen molar-refractivity contribution in [3.05, 3.63) is 65.2 Å². The summed E-state index contributed by atoms with van der Waals surface area (Å²) in [6.07, 6.45) is 2.25. The van der Waals surface area contributed by atoms with Crippen LogP contribution < -0.4 is 4.90 Å². The van der Waals surface area contributed by atoms with E-state index in [1.807, 2.05) is 0 Å². The molecule has 1 aliphatic heterocycles. The molecule has 0 aromatic heterocycles. The van der Waals surface area contributed by atoms with Gasteiger partial charge in [0.1, 0.15) is 0 Å². The quantitative estimate of drug-likeness (QED) is 0.842. The molecule has 0 fully saturated rings. The van der Waals surface area contributed by atoms with E-state index in [2.05, 4.69) is 72.4 Å². The van der Waals surface area contributed by atoms with E-state index in [4.69, 9.17) is 0 Å². The van der Waals surface area contributed by atoms with Gasteiger partial charge in [-0.25, -0.2) is 0 Å². The van der Waals surface area contributed by atoms with Crippen molar-refractivity contribution in [2.45, 2.75) is 19.4 Å². The topological polar surface area (TPSA) is 6.48 Å². The number of nitrogens with zero attached hydrogens (tertiary/aromatic N) is 2. The zero-order valence-corrected chi connectivity index (χ0v) is 14.3. The van der Waals surface area contributed by atoms with Crippen molar-refractivity contribution < 1.29 is 0 Å². The zero-order chi connectivity index (χ0) is 14.7. The molecule has 0 amide bonds. The van der Waals surface area contributed by atoms with Gasteiger partial charge in [-0.1, -0.05) is 42.5 Å². The minimum Gasteiger partial charge on any atom is -0.367 e. The lowest BCUT2D eigenvalue weighted by Crippen LogP contribution is -2.26. The summed E-state index contributed by atoms with van der Waals surface area (Å²) in [6.45, 7) is 3.28. The number of para-hydroxylation sites is 1. The molecule has 118 valence electrons. The molecule has 0 saturated carbocycles. The van der Waals surface area contributed by atoms with E-state index < -0.39 is 0 Å². The van der Waals surface area contributed by atoms with Crippen LogP contribution >= 0.6 is 12.4 Å². The van der Waals surface area contributed by atoms with Crippen molar-refractivity contribution in [2.24, 2.45) is 0 Å². The molecule has 0 aliphatic carbocycles. The predicted molar refractivity (Wildman–Crippen MR) is 97.2 cm³/mol. The van der Waals surface area contributed by atoms with Crippen LogP contribution in [-0.2, 0) is 13.0 Å². The Morgan fingerprint density at radius 2 is 1.55 bits per heavy atom. The summed E-state index contributed by atoms with van der Waals surface area (Å²) in [6, 6.07) is 17.7. The van der Waals surface area contributed by atoms with Crippen LogP contribution in [0.2, 0.25) is 0 Å². The van der Waals surface area contributed by atoms with Crippen molar-refractivity contribution >= 4 is 18.1 Å². The van der Waals surface area contributed by atoms with Gasteiger partial charge in [-0.05, 0) is 56.2 Å². The number of halogens is 1. The lowest BCUT2D eigenvalue weighted by molar-refractivity contribution is 0.400. The first-order chi connectivity index (χ1) is 10.2. The molecule has 22 heavy (non-hydrogen) atoms. The summed E-state index contributed by atoms with van der Waals surface area (Å²) in [5.74, 6) is 0. The first kappa shape index (κ1) is 16.9. The van der Waals surface area contributed by atoms with Crippen LogP contribution in [0.15, 0.2) is 48.5 Å². The van der Waals surface area contributed by atoms with Crippen LogP contribution in [-0.4, -0.2) is 32.1 Å². The summed E-state index contributed by atoms with van der Waals surface area (Å²) in [5, 5.41) is 0.